The third kappa shape index (κ3) is 2.18. The molecule has 3 atom stereocenters. The quantitative estimate of drug-likeness (QED) is 0.836. The Balaban J connectivity index is 2.25. The lowest BCUT2D eigenvalue weighted by Crippen LogP contribution is -2.27. The Labute approximate surface area is 103 Å². The number of hydrogen-bond donors (Lipinski definition) is 1. The Morgan fingerprint density at radius 1 is 1.38 bits per heavy atom. The van der Waals surface area contributed by atoms with Crippen LogP contribution in [0.2, 0.25) is 0 Å². The molecule has 2 rings (SSSR count). The summed E-state index contributed by atoms with van der Waals surface area (Å²) in [6.07, 6.45) is 4.21. The highest BCUT2D eigenvalue weighted by Crippen LogP contribution is 2.42. The average molecular weight is 237 g/mol. The Kier molecular flexibility index (Phi) is 3.70. The van der Waals surface area contributed by atoms with E-state index >= 15 is 0 Å². The second-order valence-electron chi connectivity index (χ2n) is 5.21. The monoisotopic (exact) mass is 237 g/mol. The minimum absolute atomic E-state index is 0.572. The molecule has 1 aliphatic carbocycles. The van der Waals surface area contributed by atoms with Gasteiger partial charge in [0.2, 0.25) is 0 Å². The number of nitrogens with one attached hydrogen (secondary N) is 1. The fourth-order valence-electron chi connectivity index (χ4n) is 3.23. The molecule has 0 radical (unpaired) electrons. The standard InChI is InChI=1S/C14H23NS/c1-9-6-5-7-12(9)14(15-4)13-8-10(2)16-11(13)3/h8-9,12,14-15H,5-7H2,1-4H3. The first-order valence-electron chi connectivity index (χ1n) is 6.37. The summed E-state index contributed by atoms with van der Waals surface area (Å²) in [6, 6.07) is 2.95. The van der Waals surface area contributed by atoms with Gasteiger partial charge in [0.1, 0.15) is 0 Å². The maximum atomic E-state index is 3.55. The zero-order chi connectivity index (χ0) is 11.7. The number of rotatable bonds is 3. The Morgan fingerprint density at radius 2 is 2.12 bits per heavy atom. The molecule has 1 heterocycles. The summed E-state index contributed by atoms with van der Waals surface area (Å²) in [5.74, 6) is 1.70. The van der Waals surface area contributed by atoms with Crippen molar-refractivity contribution in [1.29, 1.82) is 0 Å². The second-order valence-corrected chi connectivity index (χ2v) is 6.67. The molecule has 16 heavy (non-hydrogen) atoms. The zero-order valence-corrected chi connectivity index (χ0v) is 11.7. The third-order valence-electron chi connectivity index (χ3n) is 4.08. The van der Waals surface area contributed by atoms with Crippen molar-refractivity contribution in [2.24, 2.45) is 11.8 Å². The molecule has 3 unspecified atom stereocenters. The smallest absolute Gasteiger partial charge is 0.0359 e. The molecule has 0 amide bonds. The predicted molar refractivity (Wildman–Crippen MR) is 72.1 cm³/mol. The van der Waals surface area contributed by atoms with Gasteiger partial charge in [-0.05, 0) is 50.8 Å². The van der Waals surface area contributed by atoms with Crippen LogP contribution in [0.3, 0.4) is 0 Å². The van der Waals surface area contributed by atoms with Crippen LogP contribution in [0, 0.1) is 25.7 Å². The molecule has 2 heteroatoms. The summed E-state index contributed by atoms with van der Waals surface area (Å²) in [4.78, 5) is 2.94. The van der Waals surface area contributed by atoms with Gasteiger partial charge in [0, 0.05) is 15.8 Å². The summed E-state index contributed by atoms with van der Waals surface area (Å²) in [6.45, 7) is 6.89. The third-order valence-corrected chi connectivity index (χ3v) is 5.06. The molecule has 1 aromatic rings. The van der Waals surface area contributed by atoms with E-state index in [1.165, 1.54) is 29.0 Å². The maximum Gasteiger partial charge on any atom is 0.0359 e. The summed E-state index contributed by atoms with van der Waals surface area (Å²) in [5.41, 5.74) is 1.55. The SMILES string of the molecule is CNC(c1cc(C)sc1C)C1CCCC1C. The largest absolute Gasteiger partial charge is 0.313 e. The van der Waals surface area contributed by atoms with Gasteiger partial charge in [-0.3, -0.25) is 0 Å². The van der Waals surface area contributed by atoms with Gasteiger partial charge in [-0.1, -0.05) is 19.8 Å². The van der Waals surface area contributed by atoms with Gasteiger partial charge in [-0.2, -0.15) is 0 Å². The van der Waals surface area contributed by atoms with Gasteiger partial charge in [-0.25, -0.2) is 0 Å². The van der Waals surface area contributed by atoms with E-state index in [-0.39, 0.29) is 0 Å². The molecule has 0 spiro atoms. The van der Waals surface area contributed by atoms with Crippen LogP contribution >= 0.6 is 11.3 Å². The van der Waals surface area contributed by atoms with Gasteiger partial charge in [0.15, 0.2) is 0 Å². The van der Waals surface area contributed by atoms with Crippen LogP contribution in [0.1, 0.15) is 47.5 Å². The lowest BCUT2D eigenvalue weighted by atomic mass is 9.86. The van der Waals surface area contributed by atoms with Crippen LogP contribution in [0.4, 0.5) is 0 Å². The Bertz CT molecular complexity index is 356. The lowest BCUT2D eigenvalue weighted by Gasteiger charge is -2.27. The number of hydrogen-bond acceptors (Lipinski definition) is 2. The first-order valence-corrected chi connectivity index (χ1v) is 7.19. The van der Waals surface area contributed by atoms with Gasteiger partial charge in [0.25, 0.3) is 0 Å². The van der Waals surface area contributed by atoms with E-state index in [2.05, 4.69) is 39.2 Å². The first-order chi connectivity index (χ1) is 7.63. The van der Waals surface area contributed by atoms with E-state index in [0.717, 1.165) is 11.8 Å². The van der Waals surface area contributed by atoms with E-state index in [1.54, 1.807) is 5.56 Å². The van der Waals surface area contributed by atoms with Crippen molar-refractivity contribution in [3.8, 4) is 0 Å². The van der Waals surface area contributed by atoms with Gasteiger partial charge >= 0.3 is 0 Å². The maximum absolute atomic E-state index is 3.55. The van der Waals surface area contributed by atoms with Gasteiger partial charge in [0.05, 0.1) is 0 Å². The van der Waals surface area contributed by atoms with Crippen LogP contribution in [0.25, 0.3) is 0 Å². The van der Waals surface area contributed by atoms with Crippen molar-refractivity contribution in [3.63, 3.8) is 0 Å². The molecule has 1 aromatic heterocycles. The van der Waals surface area contributed by atoms with Crippen molar-refractivity contribution in [2.45, 2.75) is 46.1 Å². The fourth-order valence-corrected chi connectivity index (χ4v) is 4.20. The van der Waals surface area contributed by atoms with E-state index in [9.17, 15) is 0 Å². The summed E-state index contributed by atoms with van der Waals surface area (Å²) >= 11 is 1.93. The van der Waals surface area contributed by atoms with Crippen LogP contribution in [-0.2, 0) is 0 Å². The van der Waals surface area contributed by atoms with Crippen molar-refractivity contribution in [2.75, 3.05) is 7.05 Å². The highest BCUT2D eigenvalue weighted by atomic mass is 32.1. The van der Waals surface area contributed by atoms with Crippen LogP contribution in [0.5, 0.6) is 0 Å². The normalized spacial score (nSPS) is 27.2. The van der Waals surface area contributed by atoms with Crippen molar-refractivity contribution in [3.05, 3.63) is 21.4 Å². The predicted octanol–water partition coefficient (Wildman–Crippen LogP) is 4.06. The van der Waals surface area contributed by atoms with Crippen molar-refractivity contribution < 1.29 is 0 Å². The molecule has 0 aromatic carbocycles. The second kappa shape index (κ2) is 4.89. The van der Waals surface area contributed by atoms with Gasteiger partial charge in [-0.15, -0.1) is 11.3 Å². The molecular weight excluding hydrogens is 214 g/mol. The minimum Gasteiger partial charge on any atom is -0.313 e. The summed E-state index contributed by atoms with van der Waals surface area (Å²) in [5, 5.41) is 3.55. The first kappa shape index (κ1) is 12.1. The zero-order valence-electron chi connectivity index (χ0n) is 10.8. The molecule has 1 saturated carbocycles. The summed E-state index contributed by atoms with van der Waals surface area (Å²) < 4.78 is 0. The number of thiophene rings is 1. The Hall–Kier alpha value is -0.340. The molecule has 1 aliphatic rings. The number of aryl methyl sites for hydroxylation is 2. The molecule has 1 N–H and O–H groups in total. The molecule has 90 valence electrons. The highest BCUT2D eigenvalue weighted by molar-refractivity contribution is 7.12. The molecule has 1 nitrogen and oxygen atoms in total. The van der Waals surface area contributed by atoms with Crippen LogP contribution in [-0.4, -0.2) is 7.05 Å². The average Bonchev–Trinajstić information content (AvgIpc) is 2.77. The lowest BCUT2D eigenvalue weighted by molar-refractivity contribution is 0.315. The van der Waals surface area contributed by atoms with Crippen molar-refractivity contribution in [1.82, 2.24) is 5.32 Å². The van der Waals surface area contributed by atoms with Crippen LogP contribution in [0.15, 0.2) is 6.07 Å². The molecule has 0 aliphatic heterocycles. The summed E-state index contributed by atoms with van der Waals surface area (Å²) in [7, 11) is 2.11. The Morgan fingerprint density at radius 3 is 2.56 bits per heavy atom. The van der Waals surface area contributed by atoms with E-state index in [0.29, 0.717) is 6.04 Å². The van der Waals surface area contributed by atoms with Crippen LogP contribution < -0.4 is 5.32 Å². The topological polar surface area (TPSA) is 12.0 Å². The molecule has 0 bridgehead atoms. The molecular formula is C14H23NS. The fraction of sp³-hybridized carbons (Fsp3) is 0.714. The van der Waals surface area contributed by atoms with Crippen molar-refractivity contribution >= 4 is 11.3 Å². The van der Waals surface area contributed by atoms with E-state index < -0.39 is 0 Å². The van der Waals surface area contributed by atoms with E-state index in [1.807, 2.05) is 11.3 Å². The molecule has 1 fully saturated rings. The minimum atomic E-state index is 0.572. The van der Waals surface area contributed by atoms with Gasteiger partial charge < -0.3 is 5.32 Å². The highest BCUT2D eigenvalue weighted by Gasteiger charge is 2.32. The van der Waals surface area contributed by atoms with E-state index in [4.69, 9.17) is 0 Å². The molecule has 0 saturated heterocycles.